The van der Waals surface area contributed by atoms with Crippen LogP contribution in [-0.2, 0) is 0 Å². The minimum absolute atomic E-state index is 0.00198. The van der Waals surface area contributed by atoms with Gasteiger partial charge in [-0.25, -0.2) is 0 Å². The van der Waals surface area contributed by atoms with E-state index in [9.17, 15) is 40.0 Å². The molecule has 2 aromatic carbocycles. The number of aliphatic hydroxyl groups is 2. The second-order valence-electron chi connectivity index (χ2n) is 10.6. The molecule has 1 unspecified atom stereocenters. The van der Waals surface area contributed by atoms with Gasteiger partial charge in [0.15, 0.2) is 23.0 Å². The number of carbonyl (C=O) groups excluding carboxylic acids is 2. The normalized spacial score (nSPS) is 17.7. The Balaban J connectivity index is 1.44. The molecule has 0 bridgehead atoms. The highest BCUT2D eigenvalue weighted by atomic mass is 16.6. The molecule has 16 nitrogen and oxygen atoms in total. The topological polar surface area (TPSA) is 204 Å². The molecule has 2 atom stereocenters. The first-order valence-electron chi connectivity index (χ1n) is 14.5. The summed E-state index contributed by atoms with van der Waals surface area (Å²) in [5, 5.41) is 42.9. The fourth-order valence-electron chi connectivity index (χ4n) is 5.61. The van der Waals surface area contributed by atoms with Crippen LogP contribution in [0, 0.1) is 20.2 Å². The number of hydrogen-bond acceptors (Lipinski definition) is 12. The van der Waals surface area contributed by atoms with E-state index >= 15 is 0 Å². The Morgan fingerprint density at radius 1 is 0.756 bits per heavy atom. The molecule has 0 aromatic heterocycles. The zero-order valence-electron chi connectivity index (χ0n) is 25.0. The van der Waals surface area contributed by atoms with Crippen LogP contribution in [0.15, 0.2) is 24.3 Å². The minimum Gasteiger partial charge on any atom is -0.493 e. The molecule has 0 saturated carbocycles. The van der Waals surface area contributed by atoms with Crippen LogP contribution in [0.2, 0.25) is 0 Å². The summed E-state index contributed by atoms with van der Waals surface area (Å²) in [6.07, 6.45) is 2.78. The maximum atomic E-state index is 13.1. The highest BCUT2D eigenvalue weighted by Crippen LogP contribution is 2.38. The largest absolute Gasteiger partial charge is 0.493 e. The molecule has 244 valence electrons. The minimum atomic E-state index is -0.687. The number of nitrogens with zero attached hydrogens (tertiary/aromatic N) is 4. The van der Waals surface area contributed by atoms with Gasteiger partial charge in [0.05, 0.1) is 74.7 Å². The van der Waals surface area contributed by atoms with Crippen molar-refractivity contribution >= 4 is 23.2 Å². The second kappa shape index (κ2) is 14.9. The molecule has 2 saturated heterocycles. The van der Waals surface area contributed by atoms with Gasteiger partial charge in [-0.05, 0) is 25.7 Å². The van der Waals surface area contributed by atoms with Gasteiger partial charge in [0.2, 0.25) is 0 Å². The lowest BCUT2D eigenvalue weighted by Gasteiger charge is -2.23. The maximum absolute atomic E-state index is 13.1. The van der Waals surface area contributed by atoms with E-state index in [-0.39, 0.29) is 67.0 Å². The van der Waals surface area contributed by atoms with Gasteiger partial charge in [-0.1, -0.05) is 0 Å². The van der Waals surface area contributed by atoms with Crippen molar-refractivity contribution in [3.8, 4) is 23.0 Å². The lowest BCUT2D eigenvalue weighted by Crippen LogP contribution is -2.37. The molecule has 2 N–H and O–H groups in total. The van der Waals surface area contributed by atoms with Gasteiger partial charge < -0.3 is 39.0 Å². The van der Waals surface area contributed by atoms with Gasteiger partial charge in [0.25, 0.3) is 23.2 Å². The molecule has 2 aliphatic heterocycles. The number of hydrogen-bond donors (Lipinski definition) is 2. The monoisotopic (exact) mass is 632 g/mol. The Bertz CT molecular complexity index is 1330. The number of nitro benzene ring substituents is 2. The summed E-state index contributed by atoms with van der Waals surface area (Å²) < 4.78 is 22.1. The second-order valence-corrected chi connectivity index (χ2v) is 10.6. The number of aliphatic hydroxyl groups excluding tert-OH is 2. The van der Waals surface area contributed by atoms with Crippen LogP contribution < -0.4 is 18.9 Å². The van der Waals surface area contributed by atoms with Crippen LogP contribution in [0.3, 0.4) is 0 Å². The number of rotatable bonds is 14. The molecular formula is C29H36N4O12. The van der Waals surface area contributed by atoms with E-state index in [0.29, 0.717) is 38.8 Å². The van der Waals surface area contributed by atoms with Crippen LogP contribution >= 0.6 is 0 Å². The zero-order valence-corrected chi connectivity index (χ0v) is 25.0. The predicted octanol–water partition coefficient (Wildman–Crippen LogP) is 2.56. The van der Waals surface area contributed by atoms with Crippen molar-refractivity contribution in [1.29, 1.82) is 0 Å². The summed E-state index contributed by atoms with van der Waals surface area (Å²) in [5.74, 6) is -0.908. The fraction of sp³-hybridized carbons (Fsp3) is 0.517. The van der Waals surface area contributed by atoms with Gasteiger partial charge in [0, 0.05) is 31.6 Å². The van der Waals surface area contributed by atoms with Crippen molar-refractivity contribution in [1.82, 2.24) is 9.80 Å². The summed E-state index contributed by atoms with van der Waals surface area (Å²) >= 11 is 0. The standard InChI is InChI=1S/C29H36N4O12/c1-42-24-12-20(28(36)30-8-3-6-18(30)16-34)22(32(38)39)14-26(24)44-10-5-11-45-27-15-23(33(40)41)21(13-25(27)43-2)29(37)31-9-4-7-19(31)17-35/h12-15,18-19,34-35H,3-11,16-17H2,1-2H3/t18-,19?/m0/s1. The van der Waals surface area contributed by atoms with Crippen molar-refractivity contribution in [2.45, 2.75) is 44.2 Å². The summed E-state index contributed by atoms with van der Waals surface area (Å²) in [6, 6.07) is 3.88. The Kier molecular flexibility index (Phi) is 11.0. The number of nitro groups is 2. The van der Waals surface area contributed by atoms with Crippen LogP contribution in [0.4, 0.5) is 11.4 Å². The average molecular weight is 633 g/mol. The zero-order chi connectivity index (χ0) is 32.7. The van der Waals surface area contributed by atoms with E-state index in [1.165, 1.54) is 36.2 Å². The lowest BCUT2D eigenvalue weighted by molar-refractivity contribution is -0.385. The number of likely N-dealkylation sites (tertiary alicyclic amines) is 2. The molecule has 2 aromatic rings. The first-order valence-corrected chi connectivity index (χ1v) is 14.5. The van der Waals surface area contributed by atoms with Gasteiger partial charge in [-0.2, -0.15) is 0 Å². The summed E-state index contributed by atoms with van der Waals surface area (Å²) in [6.45, 7) is 0.251. The molecule has 4 rings (SSSR count). The molecule has 2 heterocycles. The van der Waals surface area contributed by atoms with Gasteiger partial charge in [-0.3, -0.25) is 29.8 Å². The Morgan fingerprint density at radius 3 is 1.49 bits per heavy atom. The molecule has 0 aliphatic carbocycles. The third-order valence-electron chi connectivity index (χ3n) is 7.92. The molecule has 16 heteroatoms. The molecule has 0 radical (unpaired) electrons. The predicted molar refractivity (Wildman–Crippen MR) is 157 cm³/mol. The van der Waals surface area contributed by atoms with Crippen molar-refractivity contribution in [3.05, 3.63) is 55.6 Å². The van der Waals surface area contributed by atoms with E-state index in [1.807, 2.05) is 0 Å². The maximum Gasteiger partial charge on any atom is 0.286 e. The van der Waals surface area contributed by atoms with Crippen molar-refractivity contribution in [3.63, 3.8) is 0 Å². The highest BCUT2D eigenvalue weighted by molar-refractivity contribution is 6.00. The van der Waals surface area contributed by atoms with Crippen LogP contribution in [0.25, 0.3) is 0 Å². The molecule has 0 spiro atoms. The van der Waals surface area contributed by atoms with E-state index in [0.717, 1.165) is 12.1 Å². The Hall–Kier alpha value is -4.70. The van der Waals surface area contributed by atoms with E-state index in [4.69, 9.17) is 18.9 Å². The molecular weight excluding hydrogens is 596 g/mol. The van der Waals surface area contributed by atoms with Crippen molar-refractivity contribution in [2.75, 3.05) is 53.7 Å². The fourth-order valence-corrected chi connectivity index (χ4v) is 5.61. The Morgan fingerprint density at radius 2 is 1.16 bits per heavy atom. The lowest BCUT2D eigenvalue weighted by atomic mass is 10.1. The first kappa shape index (κ1) is 33.2. The molecule has 45 heavy (non-hydrogen) atoms. The van der Waals surface area contributed by atoms with E-state index in [1.54, 1.807) is 0 Å². The third-order valence-corrected chi connectivity index (χ3v) is 7.92. The molecule has 2 amide bonds. The van der Waals surface area contributed by atoms with E-state index in [2.05, 4.69) is 0 Å². The number of ether oxygens (including phenoxy) is 4. The van der Waals surface area contributed by atoms with Gasteiger partial charge >= 0.3 is 0 Å². The van der Waals surface area contributed by atoms with Gasteiger partial charge in [0.1, 0.15) is 11.1 Å². The van der Waals surface area contributed by atoms with E-state index < -0.39 is 45.1 Å². The van der Waals surface area contributed by atoms with Crippen molar-refractivity contribution in [2.24, 2.45) is 0 Å². The number of benzene rings is 2. The Labute approximate surface area is 258 Å². The summed E-state index contributed by atoms with van der Waals surface area (Å²) in [5.41, 5.74) is -1.30. The summed E-state index contributed by atoms with van der Waals surface area (Å²) in [7, 11) is 2.66. The molecule has 2 fully saturated rings. The molecule has 2 aliphatic rings. The number of methoxy groups -OCH3 is 2. The SMILES string of the molecule is COc1cc(C(=O)N2CCCC2CO)c([N+](=O)[O-])cc1OCCCOc1cc([N+](=O)[O-])c(C(=O)N2CCC[C@H]2CO)cc1OC. The van der Waals surface area contributed by atoms with Crippen LogP contribution in [-0.4, -0.2) is 107 Å². The summed E-state index contributed by atoms with van der Waals surface area (Å²) in [4.78, 5) is 51.5. The van der Waals surface area contributed by atoms with Gasteiger partial charge in [-0.15, -0.1) is 0 Å². The van der Waals surface area contributed by atoms with Crippen LogP contribution in [0.5, 0.6) is 23.0 Å². The van der Waals surface area contributed by atoms with Crippen LogP contribution in [0.1, 0.15) is 52.8 Å². The first-order chi connectivity index (χ1) is 21.6. The smallest absolute Gasteiger partial charge is 0.286 e. The average Bonchev–Trinajstić information content (AvgIpc) is 3.73. The van der Waals surface area contributed by atoms with Crippen molar-refractivity contribution < 1.29 is 48.6 Å². The quantitative estimate of drug-likeness (QED) is 0.175. The number of carbonyl (C=O) groups is 2. The number of amides is 2. The highest BCUT2D eigenvalue weighted by Gasteiger charge is 2.35. The third kappa shape index (κ3) is 7.17.